The van der Waals surface area contributed by atoms with Crippen molar-refractivity contribution in [1.29, 1.82) is 0 Å². The average molecular weight is 370 g/mol. The van der Waals surface area contributed by atoms with Crippen molar-refractivity contribution in [1.82, 2.24) is 19.8 Å². The van der Waals surface area contributed by atoms with E-state index in [4.69, 9.17) is 4.74 Å². The summed E-state index contributed by atoms with van der Waals surface area (Å²) in [6, 6.07) is 0. The Bertz CT molecular complexity index is 835. The molecule has 7 nitrogen and oxygen atoms in total. The monoisotopic (exact) mass is 370 g/mol. The third-order valence-corrected chi connectivity index (χ3v) is 7.47. The Labute approximate surface area is 158 Å². The molecule has 0 aromatic carbocycles. The van der Waals surface area contributed by atoms with E-state index in [9.17, 15) is 9.59 Å². The second-order valence-electron chi connectivity index (χ2n) is 9.39. The highest BCUT2D eigenvalue weighted by Crippen LogP contribution is 2.60. The molecule has 4 aliphatic heterocycles. The quantitative estimate of drug-likeness (QED) is 0.860. The van der Waals surface area contributed by atoms with Crippen LogP contribution in [0.2, 0.25) is 0 Å². The molecule has 1 N–H and O–H groups in total. The van der Waals surface area contributed by atoms with Gasteiger partial charge in [-0.2, -0.15) is 0 Å². The lowest BCUT2D eigenvalue weighted by Crippen LogP contribution is -2.52. The van der Waals surface area contributed by atoms with Crippen LogP contribution in [0.15, 0.2) is 6.20 Å². The fourth-order valence-corrected chi connectivity index (χ4v) is 5.93. The van der Waals surface area contributed by atoms with Crippen molar-refractivity contribution in [3.05, 3.63) is 17.7 Å². The van der Waals surface area contributed by atoms with Crippen molar-refractivity contribution in [2.24, 2.45) is 17.8 Å². The van der Waals surface area contributed by atoms with Gasteiger partial charge in [0, 0.05) is 26.1 Å². The van der Waals surface area contributed by atoms with Crippen LogP contribution >= 0.6 is 0 Å². The van der Waals surface area contributed by atoms with Crippen molar-refractivity contribution in [2.45, 2.75) is 63.3 Å². The van der Waals surface area contributed by atoms with Gasteiger partial charge in [0.25, 0.3) is 5.91 Å². The largest absolute Gasteiger partial charge is 0.374 e. The Morgan fingerprint density at radius 2 is 2.19 bits per heavy atom. The van der Waals surface area contributed by atoms with E-state index < -0.39 is 0 Å². The summed E-state index contributed by atoms with van der Waals surface area (Å²) < 4.78 is 8.03. The summed E-state index contributed by atoms with van der Waals surface area (Å²) >= 11 is 0. The number of imidazole rings is 1. The zero-order valence-electron chi connectivity index (χ0n) is 15.7. The van der Waals surface area contributed by atoms with E-state index in [1.54, 1.807) is 6.20 Å². The maximum Gasteiger partial charge on any atom is 0.272 e. The van der Waals surface area contributed by atoms with E-state index in [0.717, 1.165) is 44.0 Å². The van der Waals surface area contributed by atoms with Crippen molar-refractivity contribution in [3.63, 3.8) is 0 Å². The molecule has 1 unspecified atom stereocenters. The molecule has 144 valence electrons. The lowest BCUT2D eigenvalue weighted by Gasteiger charge is -2.29. The molecule has 5 aliphatic rings. The molecule has 7 heteroatoms. The van der Waals surface area contributed by atoms with Gasteiger partial charge < -0.3 is 19.5 Å². The Hall–Kier alpha value is -1.89. The molecule has 6 rings (SSSR count). The number of nitrogens with one attached hydrogen (secondary N) is 1. The van der Waals surface area contributed by atoms with Crippen LogP contribution in [0.4, 0.5) is 0 Å². The maximum absolute atomic E-state index is 13.0. The number of rotatable bonds is 3. The van der Waals surface area contributed by atoms with Crippen LogP contribution in [0.25, 0.3) is 0 Å². The van der Waals surface area contributed by atoms with Gasteiger partial charge in [-0.15, -0.1) is 0 Å². The first kappa shape index (κ1) is 16.1. The smallest absolute Gasteiger partial charge is 0.272 e. The zero-order valence-corrected chi connectivity index (χ0v) is 15.7. The summed E-state index contributed by atoms with van der Waals surface area (Å²) in [4.78, 5) is 32.2. The molecule has 2 bridgehead atoms. The minimum absolute atomic E-state index is 0.00146. The number of aromatic nitrogens is 2. The number of likely N-dealkylation sites (tertiary alicyclic amines) is 1. The van der Waals surface area contributed by atoms with E-state index in [2.05, 4.69) is 21.8 Å². The Morgan fingerprint density at radius 1 is 1.30 bits per heavy atom. The molecular weight excluding hydrogens is 344 g/mol. The van der Waals surface area contributed by atoms with Crippen molar-refractivity contribution in [2.75, 3.05) is 13.1 Å². The highest BCUT2D eigenvalue weighted by atomic mass is 16.5. The van der Waals surface area contributed by atoms with Gasteiger partial charge in [-0.1, -0.05) is 0 Å². The Morgan fingerprint density at radius 3 is 3.00 bits per heavy atom. The highest BCUT2D eigenvalue weighted by molar-refractivity contribution is 5.93. The molecule has 0 spiro atoms. The summed E-state index contributed by atoms with van der Waals surface area (Å²) in [5.41, 5.74) is 0.338. The molecular formula is C20H26N4O3. The van der Waals surface area contributed by atoms with Crippen molar-refractivity contribution < 1.29 is 14.3 Å². The van der Waals surface area contributed by atoms with Crippen LogP contribution in [0.3, 0.4) is 0 Å². The number of hydrogen-bond acceptors (Lipinski definition) is 4. The summed E-state index contributed by atoms with van der Waals surface area (Å²) in [7, 11) is 0. The molecule has 2 amide bonds. The lowest BCUT2D eigenvalue weighted by molar-refractivity contribution is -0.128. The minimum Gasteiger partial charge on any atom is -0.374 e. The lowest BCUT2D eigenvalue weighted by atomic mass is 9.87. The third-order valence-electron chi connectivity index (χ3n) is 7.47. The standard InChI is InChI=1S/C20H26N4O3/c1-20(22-18(25)13-8-15-11-7-12(11)17(13)27-15)4-6-23(10-20)19(26)14-9-21-16-3-2-5-24(14)16/h9,11-13,15,17H,2-8,10H2,1H3,(H,22,25)/t11-,12+,13-,15+,17+,20?/m1/s1. The third kappa shape index (κ3) is 2.33. The van der Waals surface area contributed by atoms with E-state index in [-0.39, 0.29) is 29.4 Å². The molecule has 1 aromatic rings. The van der Waals surface area contributed by atoms with Gasteiger partial charge in [0.15, 0.2) is 0 Å². The molecule has 27 heavy (non-hydrogen) atoms. The van der Waals surface area contributed by atoms with Gasteiger partial charge in [0.1, 0.15) is 11.5 Å². The number of ether oxygens (including phenoxy) is 1. The van der Waals surface area contributed by atoms with Crippen molar-refractivity contribution >= 4 is 11.8 Å². The number of nitrogens with zero attached hydrogens (tertiary/aromatic N) is 3. The number of hydrogen-bond donors (Lipinski definition) is 1. The van der Waals surface area contributed by atoms with Crippen LogP contribution < -0.4 is 5.32 Å². The molecule has 4 fully saturated rings. The second kappa shape index (κ2) is 5.34. The second-order valence-corrected chi connectivity index (χ2v) is 9.39. The van der Waals surface area contributed by atoms with Crippen LogP contribution in [0.1, 0.15) is 48.9 Å². The molecule has 1 aliphatic carbocycles. The Balaban J connectivity index is 1.12. The van der Waals surface area contributed by atoms with Crippen LogP contribution in [-0.4, -0.2) is 57.1 Å². The first-order valence-electron chi connectivity index (χ1n) is 10.3. The minimum atomic E-state index is -0.356. The number of fused-ring (bicyclic) bond motifs is 6. The number of amides is 2. The number of carbonyl (C=O) groups is 2. The molecule has 0 radical (unpaired) electrons. The van der Waals surface area contributed by atoms with E-state index in [0.29, 0.717) is 30.8 Å². The van der Waals surface area contributed by atoms with Crippen LogP contribution in [0.5, 0.6) is 0 Å². The SMILES string of the molecule is CC1(NC(=O)[C@@H]2C[C@@H]3O[C@H]2[C@H]2C[C@H]23)CCN(C(=O)c2cnc3n2CCC3)C1. The Kier molecular flexibility index (Phi) is 3.18. The normalized spacial score (nSPS) is 40.9. The average Bonchev–Trinajstić information content (AvgIpc) is 3.12. The predicted octanol–water partition coefficient (Wildman–Crippen LogP) is 0.973. The van der Waals surface area contributed by atoms with Gasteiger partial charge >= 0.3 is 0 Å². The molecule has 1 aromatic heterocycles. The first-order valence-corrected chi connectivity index (χ1v) is 10.3. The summed E-state index contributed by atoms with van der Waals surface area (Å²) in [6.45, 7) is 4.18. The van der Waals surface area contributed by atoms with Gasteiger partial charge in [-0.3, -0.25) is 9.59 Å². The van der Waals surface area contributed by atoms with Gasteiger partial charge in [-0.05, 0) is 44.4 Å². The molecule has 5 heterocycles. The molecule has 6 atom stereocenters. The summed E-state index contributed by atoms with van der Waals surface area (Å²) in [5.74, 6) is 2.53. The highest BCUT2D eigenvalue weighted by Gasteiger charge is 2.64. The van der Waals surface area contributed by atoms with Crippen molar-refractivity contribution in [3.8, 4) is 0 Å². The van der Waals surface area contributed by atoms with E-state index in [1.165, 1.54) is 6.42 Å². The maximum atomic E-state index is 13.0. The van der Waals surface area contributed by atoms with Gasteiger partial charge in [-0.25, -0.2) is 4.98 Å². The van der Waals surface area contributed by atoms with E-state index in [1.807, 2.05) is 4.90 Å². The fourth-order valence-electron chi connectivity index (χ4n) is 5.93. The van der Waals surface area contributed by atoms with Crippen LogP contribution in [-0.2, 0) is 22.5 Å². The van der Waals surface area contributed by atoms with Gasteiger partial charge in [0.05, 0.1) is 29.9 Å². The summed E-state index contributed by atoms with van der Waals surface area (Å²) in [5, 5.41) is 3.27. The molecule has 1 saturated carbocycles. The van der Waals surface area contributed by atoms with Gasteiger partial charge in [0.2, 0.25) is 5.91 Å². The number of carbonyl (C=O) groups excluding carboxylic acids is 2. The van der Waals surface area contributed by atoms with Crippen LogP contribution in [0, 0.1) is 17.8 Å². The predicted molar refractivity (Wildman–Crippen MR) is 96.0 cm³/mol. The zero-order chi connectivity index (χ0) is 18.3. The number of aryl methyl sites for hydroxylation is 1. The van der Waals surface area contributed by atoms with E-state index >= 15 is 0 Å². The topological polar surface area (TPSA) is 76.5 Å². The fraction of sp³-hybridized carbons (Fsp3) is 0.750. The first-order chi connectivity index (χ1) is 13.0. The molecule has 3 saturated heterocycles. The summed E-state index contributed by atoms with van der Waals surface area (Å²) in [6.07, 6.45) is 7.08.